The van der Waals surface area contributed by atoms with Gasteiger partial charge in [0.1, 0.15) is 0 Å². The van der Waals surface area contributed by atoms with Gasteiger partial charge in [-0.1, -0.05) is 12.1 Å². The molecule has 1 N–H and O–H groups in total. The van der Waals surface area contributed by atoms with Crippen LogP contribution < -0.4 is 0 Å². The molecule has 0 aliphatic carbocycles. The molecule has 0 saturated carbocycles. The molecule has 0 saturated heterocycles. The van der Waals surface area contributed by atoms with E-state index in [0.29, 0.717) is 5.65 Å². The third-order valence-corrected chi connectivity index (χ3v) is 4.40. The molecule has 0 fully saturated rings. The van der Waals surface area contributed by atoms with Gasteiger partial charge in [0.2, 0.25) is 0 Å². The number of rotatable bonds is 2. The lowest BCUT2D eigenvalue weighted by atomic mass is 10.2. The van der Waals surface area contributed by atoms with Crippen LogP contribution in [0.3, 0.4) is 0 Å². The van der Waals surface area contributed by atoms with Crippen LogP contribution in [0.5, 0.6) is 0 Å². The molecule has 5 rings (SSSR count). The first kappa shape index (κ1) is 18.0. The highest BCUT2D eigenvalue weighted by atomic mass is 79.9. The van der Waals surface area contributed by atoms with Gasteiger partial charge in [-0.25, -0.2) is 4.98 Å². The molecule has 5 aromatic rings. The van der Waals surface area contributed by atoms with E-state index in [-0.39, 0.29) is 0 Å². The van der Waals surface area contributed by atoms with Gasteiger partial charge >= 0.3 is 0 Å². The Labute approximate surface area is 169 Å². The number of nitrogens with zero attached hydrogens (tertiary/aromatic N) is 6. The summed E-state index contributed by atoms with van der Waals surface area (Å²) in [5.41, 5.74) is 4.49. The van der Waals surface area contributed by atoms with Crippen LogP contribution in [0.1, 0.15) is 0 Å². The van der Waals surface area contributed by atoms with Crippen LogP contribution in [-0.2, 0) is 7.05 Å². The quantitative estimate of drug-likeness (QED) is 0.449. The first-order valence-electron chi connectivity index (χ1n) is 8.52. The number of pyridine rings is 3. The van der Waals surface area contributed by atoms with Crippen molar-refractivity contribution in [2.45, 2.75) is 0 Å². The number of halogens is 1. The minimum Gasteiger partial charge on any atom is -0.275 e. The van der Waals surface area contributed by atoms with E-state index in [1.165, 1.54) is 0 Å². The zero-order valence-corrected chi connectivity index (χ0v) is 16.6. The Hall–Kier alpha value is -3.39. The monoisotopic (exact) mass is 433 g/mol. The predicted octanol–water partition coefficient (Wildman–Crippen LogP) is 4.26. The maximum absolute atomic E-state index is 4.22. The van der Waals surface area contributed by atoms with Crippen molar-refractivity contribution in [1.82, 2.24) is 34.9 Å². The lowest BCUT2D eigenvalue weighted by Gasteiger charge is -1.96. The average Bonchev–Trinajstić information content (AvgIpc) is 3.35. The van der Waals surface area contributed by atoms with Gasteiger partial charge in [0.25, 0.3) is 0 Å². The van der Waals surface area contributed by atoms with E-state index in [4.69, 9.17) is 0 Å². The molecule has 0 aromatic carbocycles. The van der Waals surface area contributed by atoms with Crippen molar-refractivity contribution >= 4 is 27.0 Å². The fourth-order valence-corrected chi connectivity index (χ4v) is 3.00. The zero-order chi connectivity index (χ0) is 19.3. The summed E-state index contributed by atoms with van der Waals surface area (Å²) in [7, 11) is 1.89. The molecular formula is C20H16BrN7. The van der Waals surface area contributed by atoms with Crippen molar-refractivity contribution in [2.24, 2.45) is 7.05 Å². The van der Waals surface area contributed by atoms with Gasteiger partial charge in [-0.3, -0.25) is 19.7 Å². The molecule has 0 atom stereocenters. The lowest BCUT2D eigenvalue weighted by molar-refractivity contribution is 0.768. The number of hydrogen-bond acceptors (Lipinski definition) is 5. The van der Waals surface area contributed by atoms with Gasteiger partial charge in [-0.05, 0) is 46.3 Å². The lowest BCUT2D eigenvalue weighted by Crippen LogP contribution is -1.84. The van der Waals surface area contributed by atoms with Crippen molar-refractivity contribution < 1.29 is 0 Å². The Morgan fingerprint density at radius 2 is 1.64 bits per heavy atom. The Bertz CT molecular complexity index is 1150. The number of aryl methyl sites for hydroxylation is 1. The SMILES string of the molecule is Cn1cc(-c2[nH]nc3ncc(Br)cc23)cn1.c1ccc(-c2ccccn2)nc1. The van der Waals surface area contributed by atoms with Crippen molar-refractivity contribution in [3.8, 4) is 22.6 Å². The van der Waals surface area contributed by atoms with Crippen LogP contribution >= 0.6 is 15.9 Å². The largest absolute Gasteiger partial charge is 0.275 e. The van der Waals surface area contributed by atoms with Crippen LogP contribution in [0.25, 0.3) is 33.7 Å². The van der Waals surface area contributed by atoms with Gasteiger partial charge < -0.3 is 0 Å². The normalized spacial score (nSPS) is 10.5. The number of aromatic nitrogens is 7. The fourth-order valence-electron chi connectivity index (χ4n) is 2.67. The molecule has 5 heterocycles. The van der Waals surface area contributed by atoms with E-state index in [0.717, 1.165) is 32.5 Å². The molecule has 0 amide bonds. The second kappa shape index (κ2) is 8.10. The van der Waals surface area contributed by atoms with E-state index in [2.05, 4.69) is 46.2 Å². The third-order valence-electron chi connectivity index (χ3n) is 3.96. The van der Waals surface area contributed by atoms with Gasteiger partial charge in [-0.15, -0.1) is 0 Å². The second-order valence-electron chi connectivity index (χ2n) is 5.96. The summed E-state index contributed by atoms with van der Waals surface area (Å²) in [5, 5.41) is 12.3. The number of H-pyrrole nitrogens is 1. The molecule has 8 heteroatoms. The van der Waals surface area contributed by atoms with Crippen molar-refractivity contribution in [1.29, 1.82) is 0 Å². The van der Waals surface area contributed by atoms with E-state index < -0.39 is 0 Å². The van der Waals surface area contributed by atoms with Crippen LogP contribution in [0.2, 0.25) is 0 Å². The smallest absolute Gasteiger partial charge is 0.181 e. The first-order chi connectivity index (χ1) is 13.7. The summed E-state index contributed by atoms with van der Waals surface area (Å²) < 4.78 is 2.69. The van der Waals surface area contributed by atoms with E-state index >= 15 is 0 Å². The van der Waals surface area contributed by atoms with Crippen molar-refractivity contribution in [3.63, 3.8) is 0 Å². The molecule has 28 heavy (non-hydrogen) atoms. The van der Waals surface area contributed by atoms with Gasteiger partial charge in [0, 0.05) is 47.3 Å². The molecule has 0 unspecified atom stereocenters. The number of fused-ring (bicyclic) bond motifs is 1. The topological polar surface area (TPSA) is 85.2 Å². The molecule has 0 aliphatic heterocycles. The van der Waals surface area contributed by atoms with E-state index in [9.17, 15) is 0 Å². The van der Waals surface area contributed by atoms with Gasteiger partial charge in [0.05, 0.1) is 23.3 Å². The van der Waals surface area contributed by atoms with Crippen molar-refractivity contribution in [3.05, 3.63) is 77.9 Å². The van der Waals surface area contributed by atoms with E-state index in [1.807, 2.05) is 55.7 Å². The highest BCUT2D eigenvalue weighted by molar-refractivity contribution is 9.10. The maximum Gasteiger partial charge on any atom is 0.181 e. The molecule has 0 aliphatic rings. The van der Waals surface area contributed by atoms with Crippen molar-refractivity contribution in [2.75, 3.05) is 0 Å². The minimum atomic E-state index is 0.710. The molecule has 5 aromatic heterocycles. The minimum absolute atomic E-state index is 0.710. The number of nitrogens with one attached hydrogen (secondary N) is 1. The summed E-state index contributed by atoms with van der Waals surface area (Å²) in [6.07, 6.45) is 9.01. The summed E-state index contributed by atoms with van der Waals surface area (Å²) in [6.45, 7) is 0. The van der Waals surface area contributed by atoms with E-state index in [1.54, 1.807) is 29.5 Å². The first-order valence-corrected chi connectivity index (χ1v) is 9.31. The van der Waals surface area contributed by atoms with Crippen LogP contribution in [-0.4, -0.2) is 34.9 Å². The molecular weight excluding hydrogens is 418 g/mol. The third kappa shape index (κ3) is 3.96. The van der Waals surface area contributed by atoms with Crippen LogP contribution in [0.15, 0.2) is 77.9 Å². The van der Waals surface area contributed by atoms with Crippen LogP contribution in [0.4, 0.5) is 0 Å². The Morgan fingerprint density at radius 1 is 0.929 bits per heavy atom. The molecule has 138 valence electrons. The summed E-state index contributed by atoms with van der Waals surface area (Å²) >= 11 is 3.40. The maximum atomic E-state index is 4.22. The van der Waals surface area contributed by atoms with Gasteiger partial charge in [-0.2, -0.15) is 10.2 Å². The predicted molar refractivity (Wildman–Crippen MR) is 111 cm³/mol. The second-order valence-corrected chi connectivity index (χ2v) is 6.87. The zero-order valence-electron chi connectivity index (χ0n) is 15.0. The Balaban J connectivity index is 0.000000143. The summed E-state index contributed by atoms with van der Waals surface area (Å²) in [5.74, 6) is 0. The molecule has 7 nitrogen and oxygen atoms in total. The van der Waals surface area contributed by atoms with Gasteiger partial charge in [0.15, 0.2) is 5.65 Å². The fraction of sp³-hybridized carbons (Fsp3) is 0.0500. The number of aromatic amines is 1. The average molecular weight is 434 g/mol. The molecule has 0 radical (unpaired) electrons. The molecule has 0 bridgehead atoms. The van der Waals surface area contributed by atoms with Crippen LogP contribution in [0, 0.1) is 0 Å². The molecule has 0 spiro atoms. The summed E-state index contributed by atoms with van der Waals surface area (Å²) in [4.78, 5) is 12.6. The Kier molecular flexibility index (Phi) is 5.20. The Morgan fingerprint density at radius 3 is 2.21 bits per heavy atom. The number of hydrogen-bond donors (Lipinski definition) is 1. The summed E-state index contributed by atoms with van der Waals surface area (Å²) in [6, 6.07) is 13.6. The highest BCUT2D eigenvalue weighted by Crippen LogP contribution is 2.26. The standard InChI is InChI=1S/C10H8BrN5.C10H8N2/c1-16-5-6(3-13-16)9-8-2-7(11)4-12-10(8)15-14-9;1-3-7-11-9(5-1)10-6-2-4-8-12-10/h2-5H,1H3,(H,12,14,15);1-8H. The highest BCUT2D eigenvalue weighted by Gasteiger charge is 2.10.